The smallest absolute Gasteiger partial charge is 0.346 e. The van der Waals surface area contributed by atoms with Crippen LogP contribution in [0.15, 0.2) is 42.5 Å². The number of rotatable bonds is 1. The van der Waals surface area contributed by atoms with Crippen molar-refractivity contribution in [1.29, 1.82) is 0 Å². The van der Waals surface area contributed by atoms with Crippen LogP contribution in [0.5, 0.6) is 0 Å². The fourth-order valence-corrected chi connectivity index (χ4v) is 2.30. The Kier molecular flexibility index (Phi) is 3.02. The fourth-order valence-electron chi connectivity index (χ4n) is 2.30. The van der Waals surface area contributed by atoms with Crippen molar-refractivity contribution in [2.75, 3.05) is 0 Å². The molecule has 0 atom stereocenters. The Hall–Kier alpha value is -2.95. The molecule has 1 N–H and O–H groups in total. The van der Waals surface area contributed by atoms with Crippen LogP contribution in [-0.2, 0) is 11.2 Å². The average molecular weight is 282 g/mol. The number of hydrogen-bond acceptors (Lipinski definition) is 4. The first-order chi connectivity index (χ1) is 10.0. The number of fused-ring (bicyclic) bond motifs is 4. The van der Waals surface area contributed by atoms with Crippen molar-refractivity contribution < 1.29 is 24.2 Å². The van der Waals surface area contributed by atoms with Gasteiger partial charge in [0.05, 0.1) is 16.7 Å². The van der Waals surface area contributed by atoms with Crippen molar-refractivity contribution in [3.05, 3.63) is 70.3 Å². The van der Waals surface area contributed by atoms with Crippen molar-refractivity contribution in [3.63, 3.8) is 0 Å². The Bertz CT molecular complexity index is 776. The van der Waals surface area contributed by atoms with Gasteiger partial charge < -0.3 is 9.84 Å². The first-order valence-electron chi connectivity index (χ1n) is 6.26. The summed E-state index contributed by atoms with van der Waals surface area (Å²) in [6, 6.07) is 11.2. The van der Waals surface area contributed by atoms with Crippen LogP contribution in [0.1, 0.15) is 42.2 Å². The molecular weight excluding hydrogens is 272 g/mol. The number of cyclic esters (lactones) is 2. The monoisotopic (exact) mass is 282 g/mol. The van der Waals surface area contributed by atoms with Gasteiger partial charge in [-0.05, 0) is 41.8 Å². The molecule has 0 saturated heterocycles. The number of carboxylic acids is 1. The van der Waals surface area contributed by atoms with Gasteiger partial charge in [-0.3, -0.25) is 0 Å². The minimum absolute atomic E-state index is 0.112. The molecule has 1 aliphatic rings. The molecule has 5 heteroatoms. The maximum atomic E-state index is 12.0. The van der Waals surface area contributed by atoms with Crippen LogP contribution in [-0.4, -0.2) is 23.0 Å². The first kappa shape index (κ1) is 13.1. The van der Waals surface area contributed by atoms with E-state index in [1.54, 1.807) is 24.3 Å². The molecule has 0 amide bonds. The summed E-state index contributed by atoms with van der Waals surface area (Å²) in [6.45, 7) is 0. The van der Waals surface area contributed by atoms with Gasteiger partial charge in [0.15, 0.2) is 0 Å². The third-order valence-electron chi connectivity index (χ3n) is 3.29. The van der Waals surface area contributed by atoms with Crippen LogP contribution < -0.4 is 0 Å². The largest absolute Gasteiger partial charge is 0.478 e. The molecule has 0 unspecified atom stereocenters. The predicted molar refractivity (Wildman–Crippen MR) is 72.4 cm³/mol. The van der Waals surface area contributed by atoms with E-state index in [2.05, 4.69) is 0 Å². The number of benzene rings is 2. The lowest BCUT2D eigenvalue weighted by atomic mass is 9.97. The maximum absolute atomic E-state index is 12.0. The molecule has 0 radical (unpaired) electrons. The third-order valence-corrected chi connectivity index (χ3v) is 3.29. The Labute approximate surface area is 119 Å². The number of aromatic carboxylic acids is 1. The van der Waals surface area contributed by atoms with Crippen LogP contribution in [0.2, 0.25) is 0 Å². The summed E-state index contributed by atoms with van der Waals surface area (Å²) in [5.74, 6) is -2.98. The zero-order chi connectivity index (χ0) is 15.0. The zero-order valence-electron chi connectivity index (χ0n) is 10.8. The minimum atomic E-state index is -1.24. The van der Waals surface area contributed by atoms with Crippen LogP contribution in [0.25, 0.3) is 0 Å². The highest BCUT2D eigenvalue weighted by Crippen LogP contribution is 2.20. The van der Waals surface area contributed by atoms with Crippen LogP contribution in [0.3, 0.4) is 0 Å². The zero-order valence-corrected chi connectivity index (χ0v) is 10.8. The van der Waals surface area contributed by atoms with Crippen molar-refractivity contribution in [2.24, 2.45) is 0 Å². The van der Waals surface area contributed by atoms with Gasteiger partial charge in [-0.15, -0.1) is 0 Å². The van der Waals surface area contributed by atoms with E-state index in [-0.39, 0.29) is 16.7 Å². The average Bonchev–Trinajstić information content (AvgIpc) is 2.46. The lowest BCUT2D eigenvalue weighted by Crippen LogP contribution is -2.17. The molecule has 1 heterocycles. The second-order valence-electron chi connectivity index (χ2n) is 4.74. The normalized spacial score (nSPS) is 13.5. The molecule has 5 nitrogen and oxygen atoms in total. The highest BCUT2D eigenvalue weighted by atomic mass is 16.6. The van der Waals surface area contributed by atoms with E-state index in [1.165, 1.54) is 12.1 Å². The van der Waals surface area contributed by atoms with E-state index in [0.717, 1.165) is 11.1 Å². The molecule has 4 bridgehead atoms. The van der Waals surface area contributed by atoms with Crippen LogP contribution >= 0.6 is 0 Å². The van der Waals surface area contributed by atoms with Crippen LogP contribution in [0.4, 0.5) is 0 Å². The Morgan fingerprint density at radius 3 is 2.52 bits per heavy atom. The van der Waals surface area contributed by atoms with E-state index >= 15 is 0 Å². The summed E-state index contributed by atoms with van der Waals surface area (Å²) in [7, 11) is 0. The van der Waals surface area contributed by atoms with Gasteiger partial charge in [0.25, 0.3) is 0 Å². The highest BCUT2D eigenvalue weighted by molar-refractivity contribution is 6.08. The summed E-state index contributed by atoms with van der Waals surface area (Å²) in [5.41, 5.74) is 1.63. The first-order valence-corrected chi connectivity index (χ1v) is 6.26. The number of esters is 2. The Morgan fingerprint density at radius 2 is 1.76 bits per heavy atom. The number of hydrogen-bond donors (Lipinski definition) is 1. The highest BCUT2D eigenvalue weighted by Gasteiger charge is 2.23. The SMILES string of the molecule is O=C1OC(=O)c2cc(ccc2C(=O)O)Cc2cccc1c2. The number of ether oxygens (including phenoxy) is 1. The molecule has 1 aliphatic heterocycles. The summed E-state index contributed by atoms with van der Waals surface area (Å²) >= 11 is 0. The molecule has 21 heavy (non-hydrogen) atoms. The van der Waals surface area contributed by atoms with Crippen molar-refractivity contribution in [2.45, 2.75) is 6.42 Å². The molecule has 0 aromatic heterocycles. The summed E-state index contributed by atoms with van der Waals surface area (Å²) in [4.78, 5) is 35.1. The quantitative estimate of drug-likeness (QED) is 0.641. The molecule has 2 aromatic rings. The van der Waals surface area contributed by atoms with E-state index in [4.69, 9.17) is 9.84 Å². The second kappa shape index (κ2) is 4.86. The third kappa shape index (κ3) is 2.41. The van der Waals surface area contributed by atoms with Gasteiger partial charge in [-0.25, -0.2) is 14.4 Å². The molecule has 3 rings (SSSR count). The van der Waals surface area contributed by atoms with Crippen molar-refractivity contribution in [1.82, 2.24) is 0 Å². The summed E-state index contributed by atoms with van der Waals surface area (Å²) in [5, 5.41) is 9.12. The lowest BCUT2D eigenvalue weighted by molar-refractivity contribution is 0.0391. The Morgan fingerprint density at radius 1 is 1.00 bits per heavy atom. The number of carbonyl (C=O) groups is 3. The standard InChI is InChI=1S/C16H10O5/c17-14(18)12-5-4-10-6-9-2-1-3-11(7-9)15(19)21-16(20)13(12)8-10/h1-5,7-8H,6H2,(H,17,18). The fraction of sp³-hybridized carbons (Fsp3) is 0.0625. The van der Waals surface area contributed by atoms with E-state index in [0.29, 0.717) is 6.42 Å². The van der Waals surface area contributed by atoms with E-state index in [9.17, 15) is 14.4 Å². The van der Waals surface area contributed by atoms with Gasteiger partial charge in [-0.2, -0.15) is 0 Å². The van der Waals surface area contributed by atoms with Crippen LogP contribution in [0, 0.1) is 0 Å². The molecule has 0 saturated carbocycles. The van der Waals surface area contributed by atoms with E-state index < -0.39 is 17.9 Å². The molecule has 0 spiro atoms. The maximum Gasteiger partial charge on any atom is 0.346 e. The van der Waals surface area contributed by atoms with Crippen molar-refractivity contribution in [3.8, 4) is 0 Å². The van der Waals surface area contributed by atoms with Crippen molar-refractivity contribution >= 4 is 17.9 Å². The Balaban J connectivity index is 2.18. The second-order valence-corrected chi connectivity index (χ2v) is 4.74. The summed E-state index contributed by atoms with van der Waals surface area (Å²) < 4.78 is 4.75. The topological polar surface area (TPSA) is 80.7 Å². The summed E-state index contributed by atoms with van der Waals surface area (Å²) in [6.07, 6.45) is 0.501. The molecular formula is C16H10O5. The van der Waals surface area contributed by atoms with Gasteiger partial charge >= 0.3 is 17.9 Å². The number of carboxylic acid groups (broad SMARTS) is 1. The van der Waals surface area contributed by atoms with Gasteiger partial charge in [-0.1, -0.05) is 18.2 Å². The lowest BCUT2D eigenvalue weighted by Gasteiger charge is -2.12. The molecule has 0 aliphatic carbocycles. The molecule has 0 fully saturated rings. The van der Waals surface area contributed by atoms with Gasteiger partial charge in [0, 0.05) is 0 Å². The number of carbonyl (C=O) groups excluding carboxylic acids is 2. The van der Waals surface area contributed by atoms with Gasteiger partial charge in [0.1, 0.15) is 0 Å². The van der Waals surface area contributed by atoms with Gasteiger partial charge in [0.2, 0.25) is 0 Å². The molecule has 2 aromatic carbocycles. The predicted octanol–water partition coefficient (Wildman–Crippen LogP) is 2.29. The van der Waals surface area contributed by atoms with E-state index in [1.807, 2.05) is 6.07 Å². The molecule has 104 valence electrons. The minimum Gasteiger partial charge on any atom is -0.478 e.